The van der Waals surface area contributed by atoms with Gasteiger partial charge in [0.1, 0.15) is 0 Å². The summed E-state index contributed by atoms with van der Waals surface area (Å²) in [6, 6.07) is 14.0. The van der Waals surface area contributed by atoms with Gasteiger partial charge in [0, 0.05) is 18.8 Å². The lowest BCUT2D eigenvalue weighted by atomic mass is 9.83. The highest BCUT2D eigenvalue weighted by Gasteiger charge is 2.38. The zero-order chi connectivity index (χ0) is 22.6. The highest BCUT2D eigenvalue weighted by molar-refractivity contribution is 7.88. The van der Waals surface area contributed by atoms with Crippen molar-refractivity contribution in [2.45, 2.75) is 56.2 Å². The van der Waals surface area contributed by atoms with Crippen molar-refractivity contribution in [3.63, 3.8) is 0 Å². The molecule has 4 rings (SSSR count). The van der Waals surface area contributed by atoms with Crippen LogP contribution in [0.4, 0.5) is 5.82 Å². The van der Waals surface area contributed by atoms with Crippen molar-refractivity contribution < 1.29 is 17.9 Å². The van der Waals surface area contributed by atoms with Gasteiger partial charge in [0.2, 0.25) is 10.0 Å². The minimum Gasteiger partial charge on any atom is -0.493 e. The minimum absolute atomic E-state index is 0.139. The number of rotatable bonds is 8. The predicted molar refractivity (Wildman–Crippen MR) is 126 cm³/mol. The second-order valence-corrected chi connectivity index (χ2v) is 10.6. The average Bonchev–Trinajstić information content (AvgIpc) is 3.19. The van der Waals surface area contributed by atoms with Gasteiger partial charge in [0.05, 0.1) is 32.1 Å². The molecule has 32 heavy (non-hydrogen) atoms. The number of benzene rings is 1. The van der Waals surface area contributed by atoms with Crippen LogP contribution in [0.2, 0.25) is 0 Å². The van der Waals surface area contributed by atoms with Crippen LogP contribution in [0.15, 0.2) is 48.7 Å². The van der Waals surface area contributed by atoms with Gasteiger partial charge in [-0.3, -0.25) is 0 Å². The van der Waals surface area contributed by atoms with Gasteiger partial charge in [-0.2, -0.15) is 0 Å². The molecule has 8 heteroatoms. The molecule has 1 aliphatic carbocycles. The number of nitrogens with one attached hydrogen (secondary N) is 1. The lowest BCUT2D eigenvalue weighted by Crippen LogP contribution is -2.48. The Kier molecular flexibility index (Phi) is 7.33. The first-order valence-corrected chi connectivity index (χ1v) is 13.2. The number of hydrogen-bond donors (Lipinski definition) is 1. The van der Waals surface area contributed by atoms with Crippen LogP contribution in [0, 0.1) is 0 Å². The molecule has 1 N–H and O–H groups in total. The first-order valence-electron chi connectivity index (χ1n) is 11.3. The van der Waals surface area contributed by atoms with E-state index >= 15 is 0 Å². The van der Waals surface area contributed by atoms with Crippen LogP contribution in [-0.4, -0.2) is 58.1 Å². The van der Waals surface area contributed by atoms with E-state index < -0.39 is 10.0 Å². The smallest absolute Gasteiger partial charge is 0.209 e. The van der Waals surface area contributed by atoms with E-state index in [-0.39, 0.29) is 18.2 Å². The van der Waals surface area contributed by atoms with E-state index in [4.69, 9.17) is 9.47 Å². The molecule has 1 saturated carbocycles. The van der Waals surface area contributed by atoms with Crippen LogP contribution in [0.25, 0.3) is 0 Å². The lowest BCUT2D eigenvalue weighted by molar-refractivity contribution is 0.0156. The number of sulfonamides is 1. The molecule has 0 radical (unpaired) electrons. The predicted octanol–water partition coefficient (Wildman–Crippen LogP) is 3.33. The molecule has 2 atom stereocenters. The molecule has 7 nitrogen and oxygen atoms in total. The molecule has 2 heterocycles. The molecule has 0 amide bonds. The highest BCUT2D eigenvalue weighted by atomic mass is 32.2. The third-order valence-electron chi connectivity index (χ3n) is 6.60. The fourth-order valence-electron chi connectivity index (χ4n) is 5.02. The molecule has 1 aromatic heterocycles. The Morgan fingerprint density at radius 2 is 1.81 bits per heavy atom. The summed E-state index contributed by atoms with van der Waals surface area (Å²) >= 11 is 0. The number of aromatic nitrogens is 1. The van der Waals surface area contributed by atoms with Gasteiger partial charge >= 0.3 is 0 Å². The monoisotopic (exact) mass is 459 g/mol. The second kappa shape index (κ2) is 10.2. The zero-order valence-electron chi connectivity index (χ0n) is 18.8. The number of methoxy groups -OCH3 is 1. The van der Waals surface area contributed by atoms with Crippen LogP contribution in [0.3, 0.4) is 0 Å². The molecule has 174 valence electrons. The number of pyridine rings is 1. The standard InChI is InChI=1S/C24H33N3O4S/c1-30-23-9-6-15-25-24(23)27-16-14-21(26-32(2,28)29)22(27)17-31-20-12-10-19(11-13-20)18-7-4-3-5-8-18/h3-9,15,19-22,26H,10-14,16-17H2,1-2H3/t19-,20+,21-,22-/m0/s1. The summed E-state index contributed by atoms with van der Waals surface area (Å²) in [5, 5.41) is 0. The number of anilines is 1. The van der Waals surface area contributed by atoms with Crippen molar-refractivity contribution in [3.8, 4) is 5.75 Å². The molecule has 1 aliphatic heterocycles. The highest BCUT2D eigenvalue weighted by Crippen LogP contribution is 2.35. The van der Waals surface area contributed by atoms with E-state index in [9.17, 15) is 8.42 Å². The first-order chi connectivity index (χ1) is 15.4. The Balaban J connectivity index is 1.42. The molecule has 0 bridgehead atoms. The van der Waals surface area contributed by atoms with Crippen LogP contribution >= 0.6 is 0 Å². The van der Waals surface area contributed by atoms with Crippen molar-refractivity contribution in [1.29, 1.82) is 0 Å². The summed E-state index contributed by atoms with van der Waals surface area (Å²) in [4.78, 5) is 6.64. The molecular formula is C24H33N3O4S. The van der Waals surface area contributed by atoms with Gasteiger partial charge in [-0.1, -0.05) is 30.3 Å². The van der Waals surface area contributed by atoms with E-state index in [1.54, 1.807) is 13.3 Å². The van der Waals surface area contributed by atoms with E-state index in [0.717, 1.165) is 31.5 Å². The minimum atomic E-state index is -3.33. The van der Waals surface area contributed by atoms with Crippen molar-refractivity contribution >= 4 is 15.8 Å². The average molecular weight is 460 g/mol. The van der Waals surface area contributed by atoms with Gasteiger partial charge in [-0.15, -0.1) is 0 Å². The van der Waals surface area contributed by atoms with Gasteiger partial charge in [-0.25, -0.2) is 18.1 Å². The molecule has 2 aromatic rings. The molecule has 0 spiro atoms. The van der Waals surface area contributed by atoms with Crippen LogP contribution in [0.5, 0.6) is 5.75 Å². The Hall–Kier alpha value is -2.16. The SMILES string of the molecule is COc1cccnc1N1CC[C@H](NS(C)(=O)=O)[C@@H]1CO[C@H]1CC[C@@H](c2ccccc2)CC1. The topological polar surface area (TPSA) is 80.8 Å². The molecular weight excluding hydrogens is 426 g/mol. The molecule has 1 aromatic carbocycles. The molecule has 0 unspecified atom stereocenters. The number of hydrogen-bond acceptors (Lipinski definition) is 6. The summed E-state index contributed by atoms with van der Waals surface area (Å²) in [7, 11) is -1.70. The number of ether oxygens (including phenoxy) is 2. The fourth-order valence-corrected chi connectivity index (χ4v) is 5.84. The van der Waals surface area contributed by atoms with Crippen molar-refractivity contribution in [2.75, 3.05) is 31.4 Å². The van der Waals surface area contributed by atoms with Crippen LogP contribution < -0.4 is 14.4 Å². The Morgan fingerprint density at radius 1 is 1.06 bits per heavy atom. The normalized spacial score (nSPS) is 26.2. The first kappa shape index (κ1) is 23.0. The van der Waals surface area contributed by atoms with Crippen molar-refractivity contribution in [3.05, 3.63) is 54.2 Å². The van der Waals surface area contributed by atoms with E-state index in [1.165, 1.54) is 11.8 Å². The summed E-state index contributed by atoms with van der Waals surface area (Å²) in [6.45, 7) is 1.14. The van der Waals surface area contributed by atoms with Gasteiger partial charge in [0.15, 0.2) is 11.6 Å². The van der Waals surface area contributed by atoms with E-state index in [0.29, 0.717) is 31.2 Å². The van der Waals surface area contributed by atoms with Crippen LogP contribution in [-0.2, 0) is 14.8 Å². The third kappa shape index (κ3) is 5.60. The zero-order valence-corrected chi connectivity index (χ0v) is 19.6. The largest absolute Gasteiger partial charge is 0.493 e. The fraction of sp³-hybridized carbons (Fsp3) is 0.542. The van der Waals surface area contributed by atoms with Gasteiger partial charge < -0.3 is 14.4 Å². The Bertz CT molecular complexity index is 978. The maximum absolute atomic E-state index is 12.0. The summed E-state index contributed by atoms with van der Waals surface area (Å²) in [5.41, 5.74) is 1.41. The lowest BCUT2D eigenvalue weighted by Gasteiger charge is -2.33. The van der Waals surface area contributed by atoms with Crippen LogP contribution in [0.1, 0.15) is 43.6 Å². The van der Waals surface area contributed by atoms with Gasteiger partial charge in [0.25, 0.3) is 0 Å². The van der Waals surface area contributed by atoms with E-state index in [1.807, 2.05) is 12.1 Å². The molecule has 2 aliphatic rings. The quantitative estimate of drug-likeness (QED) is 0.652. The summed E-state index contributed by atoms with van der Waals surface area (Å²) in [5.74, 6) is 2.01. The Labute approximate surface area is 191 Å². The number of nitrogens with zero attached hydrogens (tertiary/aromatic N) is 2. The third-order valence-corrected chi connectivity index (χ3v) is 7.33. The van der Waals surface area contributed by atoms with E-state index in [2.05, 4.69) is 44.9 Å². The summed E-state index contributed by atoms with van der Waals surface area (Å²) in [6.07, 6.45) is 8.10. The molecule has 2 fully saturated rings. The Morgan fingerprint density at radius 3 is 2.50 bits per heavy atom. The maximum Gasteiger partial charge on any atom is 0.209 e. The summed E-state index contributed by atoms with van der Waals surface area (Å²) < 4.78 is 38.6. The van der Waals surface area contributed by atoms with Crippen molar-refractivity contribution in [1.82, 2.24) is 9.71 Å². The molecule has 1 saturated heterocycles. The second-order valence-electron chi connectivity index (χ2n) is 8.79. The maximum atomic E-state index is 12.0. The van der Waals surface area contributed by atoms with Crippen molar-refractivity contribution in [2.24, 2.45) is 0 Å². The van der Waals surface area contributed by atoms with Gasteiger partial charge in [-0.05, 0) is 55.7 Å².